The molecule has 1 amide bonds. The second-order valence-corrected chi connectivity index (χ2v) is 9.50. The summed E-state index contributed by atoms with van der Waals surface area (Å²) in [6, 6.07) is 5.72. The predicted octanol–water partition coefficient (Wildman–Crippen LogP) is 4.21. The summed E-state index contributed by atoms with van der Waals surface area (Å²) in [5.41, 5.74) is 2.38. The Morgan fingerprint density at radius 2 is 2.23 bits per heavy atom. The molecule has 0 bridgehead atoms. The van der Waals surface area contributed by atoms with Crippen molar-refractivity contribution in [3.63, 3.8) is 0 Å². The fraction of sp³-hybridized carbons (Fsp3) is 0.429. The SMILES string of the molecule is CCOC(=O)c1c(NC(=O)CCSc2nnc3ccccn23)sc2c1CC[C@@H](C)C2. The van der Waals surface area contributed by atoms with Gasteiger partial charge in [0, 0.05) is 23.2 Å². The minimum atomic E-state index is -0.343. The molecule has 158 valence electrons. The van der Waals surface area contributed by atoms with Gasteiger partial charge in [-0.05, 0) is 49.8 Å². The average molecular weight is 445 g/mol. The molecule has 3 aromatic heterocycles. The first-order valence-corrected chi connectivity index (χ1v) is 11.9. The van der Waals surface area contributed by atoms with Crippen LogP contribution in [-0.2, 0) is 22.4 Å². The number of carbonyl (C=O) groups is 2. The summed E-state index contributed by atoms with van der Waals surface area (Å²) >= 11 is 3.00. The Bertz CT molecular complexity index is 1080. The smallest absolute Gasteiger partial charge is 0.341 e. The Morgan fingerprint density at radius 1 is 1.37 bits per heavy atom. The highest BCUT2D eigenvalue weighted by Crippen LogP contribution is 2.40. The van der Waals surface area contributed by atoms with Crippen LogP contribution in [0.2, 0.25) is 0 Å². The van der Waals surface area contributed by atoms with Gasteiger partial charge < -0.3 is 10.1 Å². The molecule has 1 N–H and O–H groups in total. The second-order valence-electron chi connectivity index (χ2n) is 7.33. The lowest BCUT2D eigenvalue weighted by Crippen LogP contribution is -2.16. The van der Waals surface area contributed by atoms with E-state index in [1.807, 2.05) is 28.8 Å². The fourth-order valence-electron chi connectivity index (χ4n) is 3.60. The van der Waals surface area contributed by atoms with Crippen LogP contribution in [0.3, 0.4) is 0 Å². The van der Waals surface area contributed by atoms with Gasteiger partial charge in [0.1, 0.15) is 5.00 Å². The summed E-state index contributed by atoms with van der Waals surface area (Å²) in [4.78, 5) is 26.4. The highest BCUT2D eigenvalue weighted by molar-refractivity contribution is 7.99. The van der Waals surface area contributed by atoms with Crippen molar-refractivity contribution < 1.29 is 14.3 Å². The van der Waals surface area contributed by atoms with Gasteiger partial charge >= 0.3 is 5.97 Å². The molecule has 1 atom stereocenters. The molecular formula is C21H24N4O3S2. The quantitative estimate of drug-likeness (QED) is 0.434. The van der Waals surface area contributed by atoms with E-state index < -0.39 is 0 Å². The topological polar surface area (TPSA) is 85.6 Å². The Balaban J connectivity index is 1.43. The first-order valence-electron chi connectivity index (χ1n) is 10.1. The predicted molar refractivity (Wildman–Crippen MR) is 118 cm³/mol. The maximum Gasteiger partial charge on any atom is 0.341 e. The highest BCUT2D eigenvalue weighted by atomic mass is 32.2. The first kappa shape index (κ1) is 20.9. The molecule has 0 spiro atoms. The number of fused-ring (bicyclic) bond motifs is 2. The molecule has 1 aliphatic rings. The maximum atomic E-state index is 12.6. The number of thiophene rings is 1. The van der Waals surface area contributed by atoms with Crippen molar-refractivity contribution in [2.24, 2.45) is 5.92 Å². The zero-order chi connectivity index (χ0) is 21.1. The third kappa shape index (κ3) is 4.37. The number of nitrogens with zero attached hydrogens (tertiary/aromatic N) is 3. The van der Waals surface area contributed by atoms with Gasteiger partial charge in [-0.15, -0.1) is 21.5 Å². The summed E-state index contributed by atoms with van der Waals surface area (Å²) < 4.78 is 7.17. The molecule has 0 radical (unpaired) electrons. The van der Waals surface area contributed by atoms with Crippen LogP contribution in [0.25, 0.3) is 5.65 Å². The van der Waals surface area contributed by atoms with Crippen LogP contribution in [0.4, 0.5) is 5.00 Å². The van der Waals surface area contributed by atoms with Gasteiger partial charge in [-0.2, -0.15) is 0 Å². The van der Waals surface area contributed by atoms with Crippen molar-refractivity contribution in [2.45, 2.75) is 44.7 Å². The Hall–Kier alpha value is -2.39. The summed E-state index contributed by atoms with van der Waals surface area (Å²) in [7, 11) is 0. The number of nitrogens with one attached hydrogen (secondary N) is 1. The van der Waals surface area contributed by atoms with Crippen molar-refractivity contribution in [2.75, 3.05) is 17.7 Å². The largest absolute Gasteiger partial charge is 0.462 e. The molecule has 0 aromatic carbocycles. The number of ether oxygens (including phenoxy) is 1. The Morgan fingerprint density at radius 3 is 3.07 bits per heavy atom. The van der Waals surface area contributed by atoms with E-state index in [9.17, 15) is 9.59 Å². The minimum Gasteiger partial charge on any atom is -0.462 e. The second kappa shape index (κ2) is 9.18. The number of aromatic nitrogens is 3. The van der Waals surface area contributed by atoms with Crippen molar-refractivity contribution in [3.8, 4) is 0 Å². The lowest BCUT2D eigenvalue weighted by molar-refractivity contribution is -0.115. The van der Waals surface area contributed by atoms with Gasteiger partial charge in [0.05, 0.1) is 12.2 Å². The maximum absolute atomic E-state index is 12.6. The normalized spacial score (nSPS) is 15.7. The number of rotatable bonds is 7. The Labute approximate surface area is 183 Å². The molecule has 30 heavy (non-hydrogen) atoms. The standard InChI is InChI=1S/C21H24N4O3S2/c1-3-28-20(27)18-14-8-7-13(2)12-15(14)30-19(18)22-17(26)9-11-29-21-24-23-16-6-4-5-10-25(16)21/h4-6,10,13H,3,7-9,11-12H2,1-2H3,(H,22,26)/t13-/m1/s1. The molecule has 9 heteroatoms. The zero-order valence-corrected chi connectivity index (χ0v) is 18.6. The number of anilines is 1. The first-order chi connectivity index (χ1) is 14.6. The summed E-state index contributed by atoms with van der Waals surface area (Å²) in [5, 5.41) is 12.6. The molecule has 3 aromatic rings. The third-order valence-electron chi connectivity index (χ3n) is 5.09. The zero-order valence-electron chi connectivity index (χ0n) is 17.0. The van der Waals surface area contributed by atoms with Crippen LogP contribution in [0, 0.1) is 5.92 Å². The highest BCUT2D eigenvalue weighted by Gasteiger charge is 2.29. The number of esters is 1. The molecule has 3 heterocycles. The van der Waals surface area contributed by atoms with Gasteiger partial charge in [-0.1, -0.05) is 24.8 Å². The molecule has 0 saturated heterocycles. The Kier molecular flexibility index (Phi) is 6.38. The lowest BCUT2D eigenvalue weighted by atomic mass is 9.88. The van der Waals surface area contributed by atoms with E-state index in [2.05, 4.69) is 22.4 Å². The average Bonchev–Trinajstić information content (AvgIpc) is 3.29. The van der Waals surface area contributed by atoms with Crippen molar-refractivity contribution in [3.05, 3.63) is 40.4 Å². The van der Waals surface area contributed by atoms with Crippen molar-refractivity contribution in [1.82, 2.24) is 14.6 Å². The van der Waals surface area contributed by atoms with E-state index in [1.54, 1.807) is 6.92 Å². The van der Waals surface area contributed by atoms with E-state index in [0.29, 0.717) is 35.3 Å². The molecule has 0 fully saturated rings. The summed E-state index contributed by atoms with van der Waals surface area (Å²) in [6.45, 7) is 4.33. The van der Waals surface area contributed by atoms with E-state index >= 15 is 0 Å². The number of carbonyl (C=O) groups excluding carboxylic acids is 2. The van der Waals surface area contributed by atoms with Crippen molar-refractivity contribution >= 4 is 45.6 Å². The molecule has 7 nitrogen and oxygen atoms in total. The van der Waals surface area contributed by atoms with E-state index in [0.717, 1.165) is 35.6 Å². The molecule has 1 aliphatic carbocycles. The summed E-state index contributed by atoms with van der Waals surface area (Å²) in [5.74, 6) is 0.695. The third-order valence-corrected chi connectivity index (χ3v) is 7.20. The van der Waals surface area contributed by atoms with Gasteiger partial charge in [0.25, 0.3) is 0 Å². The minimum absolute atomic E-state index is 0.117. The lowest BCUT2D eigenvalue weighted by Gasteiger charge is -2.18. The molecule has 0 aliphatic heterocycles. The van der Waals surface area contributed by atoms with Gasteiger partial charge in [-0.3, -0.25) is 9.20 Å². The van der Waals surface area contributed by atoms with E-state index in [-0.39, 0.29) is 11.9 Å². The number of hydrogen-bond donors (Lipinski definition) is 1. The van der Waals surface area contributed by atoms with Crippen LogP contribution in [0.1, 0.15) is 47.5 Å². The number of amides is 1. The monoisotopic (exact) mass is 444 g/mol. The molecule has 0 saturated carbocycles. The van der Waals surface area contributed by atoms with Gasteiger partial charge in [0.15, 0.2) is 10.8 Å². The van der Waals surface area contributed by atoms with E-state index in [1.165, 1.54) is 28.0 Å². The van der Waals surface area contributed by atoms with Crippen LogP contribution in [-0.4, -0.2) is 38.8 Å². The van der Waals surface area contributed by atoms with Gasteiger partial charge in [0.2, 0.25) is 5.91 Å². The van der Waals surface area contributed by atoms with Crippen LogP contribution in [0.5, 0.6) is 0 Å². The number of hydrogen-bond acceptors (Lipinski definition) is 7. The molecule has 4 rings (SSSR count). The van der Waals surface area contributed by atoms with Crippen molar-refractivity contribution in [1.29, 1.82) is 0 Å². The van der Waals surface area contributed by atoms with Gasteiger partial charge in [-0.25, -0.2) is 4.79 Å². The van der Waals surface area contributed by atoms with Crippen LogP contribution < -0.4 is 5.32 Å². The molecule has 0 unspecified atom stereocenters. The fourth-order valence-corrected chi connectivity index (χ4v) is 5.88. The summed E-state index contributed by atoms with van der Waals surface area (Å²) in [6.07, 6.45) is 5.06. The number of pyridine rings is 1. The van der Waals surface area contributed by atoms with Crippen LogP contribution in [0.15, 0.2) is 29.6 Å². The molecular weight excluding hydrogens is 420 g/mol. The van der Waals surface area contributed by atoms with Crippen LogP contribution >= 0.6 is 23.1 Å². The number of thioether (sulfide) groups is 1. The van der Waals surface area contributed by atoms with E-state index in [4.69, 9.17) is 4.74 Å².